The van der Waals surface area contributed by atoms with E-state index in [-0.39, 0.29) is 17.8 Å². The van der Waals surface area contributed by atoms with Gasteiger partial charge in [-0.3, -0.25) is 9.69 Å². The molecule has 0 aromatic heterocycles. The Morgan fingerprint density at radius 1 is 0.926 bits per heavy atom. The van der Waals surface area contributed by atoms with Crippen LogP contribution < -0.4 is 9.80 Å². The zero-order valence-electron chi connectivity index (χ0n) is 15.8. The number of hydrogen-bond donors (Lipinski definition) is 0. The quantitative estimate of drug-likeness (QED) is 0.833. The number of nitrogens with zero attached hydrogens (tertiary/aromatic N) is 3. The van der Waals surface area contributed by atoms with Gasteiger partial charge in [-0.25, -0.2) is 4.39 Å². The van der Waals surface area contributed by atoms with Crippen molar-refractivity contribution in [2.75, 3.05) is 42.5 Å². The Bertz CT molecular complexity index is 817. The Hall–Kier alpha value is -2.40. The van der Waals surface area contributed by atoms with Crippen LogP contribution in [0.3, 0.4) is 0 Å². The fourth-order valence-corrected chi connectivity index (χ4v) is 4.20. The zero-order valence-corrected chi connectivity index (χ0v) is 15.8. The largest absolute Gasteiger partial charge is 0.367 e. The summed E-state index contributed by atoms with van der Waals surface area (Å²) >= 11 is 0. The van der Waals surface area contributed by atoms with Gasteiger partial charge < -0.3 is 9.80 Å². The zero-order chi connectivity index (χ0) is 18.8. The Morgan fingerprint density at radius 3 is 2.33 bits per heavy atom. The van der Waals surface area contributed by atoms with Crippen molar-refractivity contribution in [3.05, 3.63) is 59.9 Å². The first-order valence-electron chi connectivity index (χ1n) is 9.78. The summed E-state index contributed by atoms with van der Waals surface area (Å²) in [7, 11) is 0. The molecule has 1 unspecified atom stereocenters. The number of carbonyl (C=O) groups is 1. The summed E-state index contributed by atoms with van der Waals surface area (Å²) in [5.41, 5.74) is 2.97. The minimum Gasteiger partial charge on any atom is -0.367 e. The predicted molar refractivity (Wildman–Crippen MR) is 107 cm³/mol. The van der Waals surface area contributed by atoms with Crippen molar-refractivity contribution in [2.45, 2.75) is 25.8 Å². The SMILES string of the molecule is CC(C(=O)N1CCCc2ccccc21)N1CCN(c2ccccc2F)CC1. The Balaban J connectivity index is 1.42. The lowest BCUT2D eigenvalue weighted by molar-refractivity contribution is -0.123. The lowest BCUT2D eigenvalue weighted by Gasteiger charge is -2.40. The molecule has 1 atom stereocenters. The van der Waals surface area contributed by atoms with Gasteiger partial charge in [-0.05, 0) is 43.5 Å². The molecule has 0 bridgehead atoms. The molecule has 1 saturated heterocycles. The van der Waals surface area contributed by atoms with E-state index in [0.717, 1.165) is 51.3 Å². The Morgan fingerprint density at radius 2 is 1.59 bits per heavy atom. The lowest BCUT2D eigenvalue weighted by atomic mass is 10.0. The van der Waals surface area contributed by atoms with Crippen LogP contribution in [0.4, 0.5) is 15.8 Å². The molecule has 2 aliphatic heterocycles. The monoisotopic (exact) mass is 367 g/mol. The van der Waals surface area contributed by atoms with Crippen molar-refractivity contribution in [1.29, 1.82) is 0 Å². The molecule has 0 spiro atoms. The summed E-state index contributed by atoms with van der Waals surface area (Å²) in [4.78, 5) is 19.4. The molecule has 142 valence electrons. The highest BCUT2D eigenvalue weighted by Crippen LogP contribution is 2.28. The molecule has 1 fully saturated rings. The number of para-hydroxylation sites is 2. The number of benzene rings is 2. The van der Waals surface area contributed by atoms with E-state index < -0.39 is 0 Å². The van der Waals surface area contributed by atoms with E-state index in [9.17, 15) is 9.18 Å². The molecule has 5 heteroatoms. The van der Waals surface area contributed by atoms with Crippen molar-refractivity contribution in [3.8, 4) is 0 Å². The fourth-order valence-electron chi connectivity index (χ4n) is 4.20. The predicted octanol–water partition coefficient (Wildman–Crippen LogP) is 3.32. The third-order valence-corrected chi connectivity index (χ3v) is 5.79. The third kappa shape index (κ3) is 3.56. The van der Waals surface area contributed by atoms with Crippen LogP contribution in [-0.2, 0) is 11.2 Å². The average Bonchev–Trinajstić information content (AvgIpc) is 2.73. The topological polar surface area (TPSA) is 26.8 Å². The first-order valence-corrected chi connectivity index (χ1v) is 9.78. The normalized spacial score (nSPS) is 18.9. The van der Waals surface area contributed by atoms with Gasteiger partial charge in [0.2, 0.25) is 5.91 Å². The number of hydrogen-bond acceptors (Lipinski definition) is 3. The van der Waals surface area contributed by atoms with Crippen molar-refractivity contribution < 1.29 is 9.18 Å². The van der Waals surface area contributed by atoms with Gasteiger partial charge in [-0.15, -0.1) is 0 Å². The molecule has 2 heterocycles. The van der Waals surface area contributed by atoms with E-state index >= 15 is 0 Å². The molecule has 2 aliphatic rings. The summed E-state index contributed by atoms with van der Waals surface area (Å²) in [6.07, 6.45) is 2.05. The second-order valence-corrected chi connectivity index (χ2v) is 7.37. The van der Waals surface area contributed by atoms with Gasteiger partial charge in [0.15, 0.2) is 0 Å². The van der Waals surface area contributed by atoms with Crippen LogP contribution in [0.5, 0.6) is 0 Å². The molecule has 4 nitrogen and oxygen atoms in total. The molecular formula is C22H26FN3O. The maximum atomic E-state index is 14.0. The van der Waals surface area contributed by atoms with Crippen LogP contribution in [0.1, 0.15) is 18.9 Å². The summed E-state index contributed by atoms with van der Waals surface area (Å²) in [5, 5.41) is 0. The number of piperazine rings is 1. The highest BCUT2D eigenvalue weighted by Gasteiger charge is 2.31. The van der Waals surface area contributed by atoms with Gasteiger partial charge >= 0.3 is 0 Å². The van der Waals surface area contributed by atoms with Gasteiger partial charge in [0.1, 0.15) is 5.82 Å². The second kappa shape index (κ2) is 7.69. The van der Waals surface area contributed by atoms with E-state index in [1.807, 2.05) is 36.1 Å². The van der Waals surface area contributed by atoms with Gasteiger partial charge in [0.05, 0.1) is 11.7 Å². The Labute approximate surface area is 160 Å². The standard InChI is InChI=1S/C22H26FN3O/c1-17(22(27)26-12-6-8-18-7-2-4-10-20(18)26)24-13-15-25(16-14-24)21-11-5-3-9-19(21)23/h2-5,7,9-11,17H,6,8,12-16H2,1H3. The molecule has 27 heavy (non-hydrogen) atoms. The van der Waals surface area contributed by atoms with Crippen LogP contribution in [0.15, 0.2) is 48.5 Å². The number of aryl methyl sites for hydroxylation is 1. The van der Waals surface area contributed by atoms with Gasteiger partial charge in [-0.1, -0.05) is 30.3 Å². The molecular weight excluding hydrogens is 341 g/mol. The molecule has 2 aromatic rings. The molecule has 0 radical (unpaired) electrons. The average molecular weight is 367 g/mol. The van der Waals surface area contributed by atoms with Gasteiger partial charge in [0.25, 0.3) is 0 Å². The number of amides is 1. The van der Waals surface area contributed by atoms with Gasteiger partial charge in [-0.2, -0.15) is 0 Å². The number of rotatable bonds is 3. The van der Waals surface area contributed by atoms with E-state index in [4.69, 9.17) is 0 Å². The maximum absolute atomic E-state index is 14.0. The number of anilines is 2. The van der Waals surface area contributed by atoms with Crippen LogP contribution in [0.25, 0.3) is 0 Å². The fraction of sp³-hybridized carbons (Fsp3) is 0.409. The van der Waals surface area contributed by atoms with E-state index in [1.165, 1.54) is 11.6 Å². The van der Waals surface area contributed by atoms with Crippen LogP contribution in [0, 0.1) is 5.82 Å². The smallest absolute Gasteiger partial charge is 0.244 e. The van der Waals surface area contributed by atoms with Crippen molar-refractivity contribution in [3.63, 3.8) is 0 Å². The summed E-state index contributed by atoms with van der Waals surface area (Å²) in [6, 6.07) is 14.9. The van der Waals surface area contributed by atoms with Gasteiger partial charge in [0, 0.05) is 38.4 Å². The number of fused-ring (bicyclic) bond motifs is 1. The first kappa shape index (κ1) is 18.0. The number of carbonyl (C=O) groups excluding carboxylic acids is 1. The van der Waals surface area contributed by atoms with E-state index in [2.05, 4.69) is 21.9 Å². The van der Waals surface area contributed by atoms with E-state index in [0.29, 0.717) is 5.69 Å². The number of halogens is 1. The van der Waals surface area contributed by atoms with Crippen molar-refractivity contribution >= 4 is 17.3 Å². The summed E-state index contributed by atoms with van der Waals surface area (Å²) in [6.45, 7) is 5.77. The minimum atomic E-state index is -0.181. The lowest BCUT2D eigenvalue weighted by Crippen LogP contribution is -2.55. The maximum Gasteiger partial charge on any atom is 0.244 e. The molecule has 2 aromatic carbocycles. The minimum absolute atomic E-state index is 0.168. The first-order chi connectivity index (χ1) is 13.1. The van der Waals surface area contributed by atoms with Crippen molar-refractivity contribution in [2.24, 2.45) is 0 Å². The second-order valence-electron chi connectivity index (χ2n) is 7.37. The summed E-state index contributed by atoms with van der Waals surface area (Å²) < 4.78 is 14.0. The molecule has 1 amide bonds. The third-order valence-electron chi connectivity index (χ3n) is 5.79. The Kier molecular flexibility index (Phi) is 5.12. The van der Waals surface area contributed by atoms with E-state index in [1.54, 1.807) is 6.07 Å². The highest BCUT2D eigenvalue weighted by molar-refractivity contribution is 5.98. The molecule has 0 aliphatic carbocycles. The van der Waals surface area contributed by atoms with Crippen molar-refractivity contribution in [1.82, 2.24) is 4.90 Å². The molecule has 0 saturated carbocycles. The molecule has 4 rings (SSSR count). The highest BCUT2D eigenvalue weighted by atomic mass is 19.1. The summed E-state index contributed by atoms with van der Waals surface area (Å²) in [5.74, 6) is -0.0125. The van der Waals surface area contributed by atoms with Crippen LogP contribution in [-0.4, -0.2) is 49.6 Å². The molecule has 0 N–H and O–H groups in total. The van der Waals surface area contributed by atoms with Crippen LogP contribution in [0.2, 0.25) is 0 Å². The van der Waals surface area contributed by atoms with Crippen LogP contribution >= 0.6 is 0 Å².